The Balaban J connectivity index is 2.77. The molecule has 0 saturated carbocycles. The van der Waals surface area contributed by atoms with Crippen LogP contribution in [0, 0.1) is 40.5 Å². The Kier molecular flexibility index (Phi) is 4.95. The Morgan fingerprint density at radius 1 is 0.704 bits per heavy atom. The number of hydrogen-bond donors (Lipinski definition) is 0. The van der Waals surface area contributed by atoms with Crippen LogP contribution in [0.15, 0.2) is 36.4 Å². The fourth-order valence-electron chi connectivity index (χ4n) is 2.22. The predicted molar refractivity (Wildman–Crippen MR) is 86.3 cm³/mol. The maximum absolute atomic E-state index is 11.2. The lowest BCUT2D eigenvalue weighted by atomic mass is 9.98. The van der Waals surface area contributed by atoms with Gasteiger partial charge in [-0.25, -0.2) is 0 Å². The van der Waals surface area contributed by atoms with E-state index in [0.29, 0.717) is 12.1 Å². The van der Waals surface area contributed by atoms with Gasteiger partial charge in [0.2, 0.25) is 0 Å². The lowest BCUT2D eigenvalue weighted by Gasteiger charge is -2.02. The minimum Gasteiger partial charge on any atom is -0.361 e. The van der Waals surface area contributed by atoms with E-state index in [-0.39, 0.29) is 0 Å². The van der Waals surface area contributed by atoms with Crippen molar-refractivity contribution in [3.8, 4) is 0 Å². The van der Waals surface area contributed by atoms with Crippen LogP contribution < -0.4 is 0 Å². The number of benzene rings is 2. The number of rotatable bonds is 6. The second kappa shape index (κ2) is 7.12. The molecular weight excluding hydrogens is 368 g/mol. The van der Waals surface area contributed by atoms with Gasteiger partial charge in [-0.05, 0) is 12.1 Å². The molecule has 2 rings (SSSR count). The Labute approximate surface area is 147 Å². The van der Waals surface area contributed by atoms with Crippen LogP contribution in [-0.4, -0.2) is 30.2 Å². The van der Waals surface area contributed by atoms with Crippen LogP contribution in [0.2, 0.25) is 0 Å². The zero-order valence-electron chi connectivity index (χ0n) is 12.9. The molecule has 136 valence electrons. The van der Waals surface area contributed by atoms with Gasteiger partial charge in [0.25, 0.3) is 22.7 Å². The molecule has 0 atom stereocenters. The average Bonchev–Trinajstić information content (AvgIpc) is 2.62. The van der Waals surface area contributed by atoms with Crippen molar-refractivity contribution in [2.45, 2.75) is 0 Å². The van der Waals surface area contributed by atoms with Gasteiger partial charge in [0.1, 0.15) is 11.1 Å². The zero-order valence-corrected chi connectivity index (χ0v) is 12.9. The molecule has 0 bridgehead atoms. The molecule has 0 spiro atoms. The Morgan fingerprint density at radius 2 is 1.07 bits per heavy atom. The molecule has 2 aromatic carbocycles. The third-order valence-corrected chi connectivity index (χ3v) is 3.39. The highest BCUT2D eigenvalue weighted by molar-refractivity contribution is 6.14. The van der Waals surface area contributed by atoms with Crippen molar-refractivity contribution in [2.24, 2.45) is 0 Å². The average molecular weight is 374 g/mol. The standard InChI is InChI=1S/C13H6N6O8/c14-15-13(9-3-1-7(16(20)21)5-11(9)18(24)25)10-4-2-8(17(22)23)6-12(10)19(26)27/h1-6H. The Bertz CT molecular complexity index is 981. The number of nitrogens with zero attached hydrogens (tertiary/aromatic N) is 6. The summed E-state index contributed by atoms with van der Waals surface area (Å²) in [5.74, 6) is 0. The van der Waals surface area contributed by atoms with Crippen molar-refractivity contribution >= 4 is 28.5 Å². The number of nitro groups is 4. The Hall–Kier alpha value is -4.58. The third-order valence-electron chi connectivity index (χ3n) is 3.39. The fraction of sp³-hybridized carbons (Fsp3) is 0. The van der Waals surface area contributed by atoms with Gasteiger partial charge >= 0.3 is 5.71 Å². The molecule has 0 aliphatic rings. The summed E-state index contributed by atoms with van der Waals surface area (Å²) in [5, 5.41) is 44.0. The summed E-state index contributed by atoms with van der Waals surface area (Å²) in [6.45, 7) is 0. The smallest absolute Gasteiger partial charge is 0.343 e. The number of nitro benzene ring substituents is 4. The number of hydrogen-bond acceptors (Lipinski definition) is 8. The highest BCUT2D eigenvalue weighted by Crippen LogP contribution is 2.31. The SMILES string of the molecule is [N-]=[N+]=C(c1ccc([N+](=O)[O-])cc1[N+](=O)[O-])c1ccc([N+](=O)[O-])cc1[N+](=O)[O-]. The van der Waals surface area contributed by atoms with Gasteiger partial charge in [-0.15, -0.1) is 0 Å². The summed E-state index contributed by atoms with van der Waals surface area (Å²) in [5.41, 5.74) is 4.78. The molecule has 0 heterocycles. The summed E-state index contributed by atoms with van der Waals surface area (Å²) in [6, 6.07) is 4.72. The summed E-state index contributed by atoms with van der Waals surface area (Å²) < 4.78 is 0. The second-order valence-corrected chi connectivity index (χ2v) is 4.88. The molecule has 0 aliphatic heterocycles. The van der Waals surface area contributed by atoms with Crippen molar-refractivity contribution < 1.29 is 24.5 Å². The van der Waals surface area contributed by atoms with Crippen molar-refractivity contribution in [3.63, 3.8) is 0 Å². The molecule has 0 amide bonds. The van der Waals surface area contributed by atoms with Crippen LogP contribution in [-0.2, 0) is 0 Å². The monoisotopic (exact) mass is 374 g/mol. The van der Waals surface area contributed by atoms with Crippen molar-refractivity contribution in [2.75, 3.05) is 0 Å². The van der Waals surface area contributed by atoms with Crippen molar-refractivity contribution in [1.82, 2.24) is 0 Å². The van der Waals surface area contributed by atoms with E-state index in [9.17, 15) is 46.0 Å². The molecule has 2 aromatic rings. The first-order valence-electron chi connectivity index (χ1n) is 6.75. The van der Waals surface area contributed by atoms with E-state index in [1.807, 2.05) is 0 Å². The van der Waals surface area contributed by atoms with E-state index in [1.165, 1.54) is 0 Å². The highest BCUT2D eigenvalue weighted by atomic mass is 16.6. The van der Waals surface area contributed by atoms with E-state index < -0.39 is 59.3 Å². The van der Waals surface area contributed by atoms with Crippen LogP contribution >= 0.6 is 0 Å². The highest BCUT2D eigenvalue weighted by Gasteiger charge is 2.34. The van der Waals surface area contributed by atoms with Gasteiger partial charge in [0, 0.05) is 12.1 Å². The van der Waals surface area contributed by atoms with Crippen LogP contribution in [0.4, 0.5) is 22.7 Å². The van der Waals surface area contributed by atoms with Crippen LogP contribution in [0.5, 0.6) is 0 Å². The van der Waals surface area contributed by atoms with Crippen LogP contribution in [0.1, 0.15) is 11.1 Å². The molecular formula is C13H6N6O8. The fourth-order valence-corrected chi connectivity index (χ4v) is 2.22. The molecule has 0 N–H and O–H groups in total. The molecule has 0 fully saturated rings. The van der Waals surface area contributed by atoms with Gasteiger partial charge in [-0.2, -0.15) is 4.79 Å². The van der Waals surface area contributed by atoms with Gasteiger partial charge in [0.05, 0.1) is 31.8 Å². The van der Waals surface area contributed by atoms with E-state index in [0.717, 1.165) is 24.3 Å². The van der Waals surface area contributed by atoms with Crippen molar-refractivity contribution in [1.29, 1.82) is 0 Å². The summed E-state index contributed by atoms with van der Waals surface area (Å²) in [7, 11) is 0. The topological polar surface area (TPSA) is 209 Å². The molecule has 0 aliphatic carbocycles. The molecule has 0 radical (unpaired) electrons. The van der Waals surface area contributed by atoms with E-state index in [4.69, 9.17) is 0 Å². The van der Waals surface area contributed by atoms with Crippen LogP contribution in [0.25, 0.3) is 5.53 Å². The van der Waals surface area contributed by atoms with Gasteiger partial charge < -0.3 is 5.53 Å². The van der Waals surface area contributed by atoms with E-state index in [1.54, 1.807) is 0 Å². The van der Waals surface area contributed by atoms with Crippen molar-refractivity contribution in [3.05, 3.63) is 93.5 Å². The minimum absolute atomic E-state index is 0.454. The van der Waals surface area contributed by atoms with Crippen LogP contribution in [0.3, 0.4) is 0 Å². The largest absolute Gasteiger partial charge is 0.361 e. The second-order valence-electron chi connectivity index (χ2n) is 4.88. The summed E-state index contributed by atoms with van der Waals surface area (Å²) in [4.78, 5) is 43.1. The molecule has 14 heteroatoms. The zero-order chi connectivity index (χ0) is 20.3. The molecule has 0 unspecified atom stereocenters. The predicted octanol–water partition coefficient (Wildman–Crippen LogP) is 2.39. The van der Waals surface area contributed by atoms with Gasteiger partial charge in [-0.3, -0.25) is 40.5 Å². The first-order chi connectivity index (χ1) is 12.7. The Morgan fingerprint density at radius 3 is 1.33 bits per heavy atom. The first kappa shape index (κ1) is 18.8. The lowest BCUT2D eigenvalue weighted by Crippen LogP contribution is -2.11. The van der Waals surface area contributed by atoms with E-state index >= 15 is 0 Å². The van der Waals surface area contributed by atoms with Gasteiger partial charge in [-0.1, -0.05) is 0 Å². The number of non-ortho nitro benzene ring substituents is 2. The normalized spacial score (nSPS) is 9.93. The molecule has 14 nitrogen and oxygen atoms in total. The maximum Gasteiger partial charge on any atom is 0.343 e. The van der Waals surface area contributed by atoms with Gasteiger partial charge in [0.15, 0.2) is 0 Å². The summed E-state index contributed by atoms with van der Waals surface area (Å²) in [6.07, 6.45) is 0. The third kappa shape index (κ3) is 3.59. The molecule has 0 saturated heterocycles. The van der Waals surface area contributed by atoms with E-state index in [2.05, 4.69) is 4.79 Å². The molecule has 0 aromatic heterocycles. The summed E-state index contributed by atoms with van der Waals surface area (Å²) >= 11 is 0. The maximum atomic E-state index is 11.2. The lowest BCUT2D eigenvalue weighted by molar-refractivity contribution is -0.394. The minimum atomic E-state index is -0.995. The first-order valence-corrected chi connectivity index (χ1v) is 6.75. The molecule has 27 heavy (non-hydrogen) atoms. The quantitative estimate of drug-likeness (QED) is 0.240.